The molecule has 0 saturated carbocycles. The first-order valence-electron chi connectivity index (χ1n) is 4.67. The highest BCUT2D eigenvalue weighted by Gasteiger charge is 2.06. The van der Waals surface area contributed by atoms with Crippen LogP contribution in [0.2, 0.25) is 0 Å². The summed E-state index contributed by atoms with van der Waals surface area (Å²) in [6.07, 6.45) is 1.46. The van der Waals surface area contributed by atoms with Gasteiger partial charge < -0.3 is 5.32 Å². The number of nitrogens with one attached hydrogen (secondary N) is 1. The van der Waals surface area contributed by atoms with E-state index in [4.69, 9.17) is 0 Å². The van der Waals surface area contributed by atoms with Crippen molar-refractivity contribution < 1.29 is 4.39 Å². The lowest BCUT2D eigenvalue weighted by atomic mass is 10.2. The van der Waals surface area contributed by atoms with Crippen molar-refractivity contribution in [1.29, 1.82) is 0 Å². The van der Waals surface area contributed by atoms with Crippen molar-refractivity contribution in [3.05, 3.63) is 46.7 Å². The molecule has 0 fully saturated rings. The number of pyridine rings is 1. The van der Waals surface area contributed by atoms with Crippen LogP contribution >= 0.6 is 11.3 Å². The van der Waals surface area contributed by atoms with Gasteiger partial charge in [-0.2, -0.15) is 4.39 Å². The Morgan fingerprint density at radius 2 is 2.33 bits per heavy atom. The fourth-order valence-corrected chi connectivity index (χ4v) is 2.09. The molecule has 2 aromatic heterocycles. The maximum absolute atomic E-state index is 12.8. The van der Waals surface area contributed by atoms with E-state index in [1.54, 1.807) is 17.4 Å². The predicted octanol–water partition coefficient (Wildman–Crippen LogP) is 3.46. The summed E-state index contributed by atoms with van der Waals surface area (Å²) in [6.45, 7) is 2.05. The van der Waals surface area contributed by atoms with Gasteiger partial charge in [-0.05, 0) is 24.4 Å². The van der Waals surface area contributed by atoms with Crippen LogP contribution in [-0.2, 0) is 0 Å². The van der Waals surface area contributed by atoms with Crippen LogP contribution in [0.25, 0.3) is 0 Å². The van der Waals surface area contributed by atoms with Crippen molar-refractivity contribution in [2.75, 3.05) is 5.32 Å². The molecule has 0 aliphatic carbocycles. The van der Waals surface area contributed by atoms with Crippen LogP contribution in [0.5, 0.6) is 0 Å². The smallest absolute Gasteiger partial charge is 0.214 e. The molecule has 0 saturated heterocycles. The van der Waals surface area contributed by atoms with Crippen LogP contribution < -0.4 is 5.32 Å². The van der Waals surface area contributed by atoms with Crippen LogP contribution in [-0.4, -0.2) is 4.98 Å². The number of nitrogens with zero attached hydrogens (tertiary/aromatic N) is 1. The second kappa shape index (κ2) is 4.40. The standard InChI is InChI=1S/C11H11FN2S/c1-8(10-3-2-6-15-10)14-9-4-5-13-11(12)7-9/h2-8H,1H3,(H,13,14). The number of anilines is 1. The molecular weight excluding hydrogens is 211 g/mol. The third kappa shape index (κ3) is 2.53. The van der Waals surface area contributed by atoms with Gasteiger partial charge in [0.15, 0.2) is 0 Å². The first-order valence-corrected chi connectivity index (χ1v) is 5.55. The first kappa shape index (κ1) is 10.1. The van der Waals surface area contributed by atoms with E-state index in [0.29, 0.717) is 0 Å². The number of thiophene rings is 1. The van der Waals surface area contributed by atoms with Gasteiger partial charge in [0.2, 0.25) is 5.95 Å². The largest absolute Gasteiger partial charge is 0.378 e. The molecule has 0 spiro atoms. The van der Waals surface area contributed by atoms with Crippen molar-refractivity contribution in [1.82, 2.24) is 4.98 Å². The molecule has 0 amide bonds. The van der Waals surface area contributed by atoms with Crippen molar-refractivity contribution in [2.24, 2.45) is 0 Å². The summed E-state index contributed by atoms with van der Waals surface area (Å²) in [7, 11) is 0. The van der Waals surface area contributed by atoms with E-state index in [9.17, 15) is 4.39 Å². The SMILES string of the molecule is CC(Nc1ccnc(F)c1)c1cccs1. The summed E-state index contributed by atoms with van der Waals surface area (Å²) in [5, 5.41) is 5.24. The van der Waals surface area contributed by atoms with Gasteiger partial charge in [0.25, 0.3) is 0 Å². The summed E-state index contributed by atoms with van der Waals surface area (Å²) in [6, 6.07) is 7.40. The fourth-order valence-electron chi connectivity index (χ4n) is 1.35. The molecule has 2 nitrogen and oxygen atoms in total. The van der Waals surface area contributed by atoms with Crippen molar-refractivity contribution >= 4 is 17.0 Å². The van der Waals surface area contributed by atoms with Gasteiger partial charge in [-0.1, -0.05) is 6.07 Å². The minimum absolute atomic E-state index is 0.187. The summed E-state index contributed by atoms with van der Waals surface area (Å²) < 4.78 is 12.8. The highest BCUT2D eigenvalue weighted by atomic mass is 32.1. The molecule has 2 rings (SSSR count). The van der Waals surface area contributed by atoms with Gasteiger partial charge in [-0.3, -0.25) is 0 Å². The Labute approximate surface area is 91.8 Å². The van der Waals surface area contributed by atoms with E-state index in [1.165, 1.54) is 17.1 Å². The Hall–Kier alpha value is -1.42. The molecule has 0 radical (unpaired) electrons. The van der Waals surface area contributed by atoms with Gasteiger partial charge in [-0.15, -0.1) is 11.3 Å². The molecular formula is C11H11FN2S. The molecule has 0 aromatic carbocycles. The maximum Gasteiger partial charge on any atom is 0.214 e. The summed E-state index contributed by atoms with van der Waals surface area (Å²) in [4.78, 5) is 4.73. The summed E-state index contributed by atoms with van der Waals surface area (Å²) >= 11 is 1.68. The van der Waals surface area contributed by atoms with Crippen molar-refractivity contribution in [3.63, 3.8) is 0 Å². The number of rotatable bonds is 3. The Kier molecular flexibility index (Phi) is 2.97. The Bertz CT molecular complexity index is 428. The Morgan fingerprint density at radius 3 is 3.00 bits per heavy atom. The number of aromatic nitrogens is 1. The van der Waals surface area contributed by atoms with Gasteiger partial charge in [-0.25, -0.2) is 4.98 Å². The van der Waals surface area contributed by atoms with E-state index in [0.717, 1.165) is 5.69 Å². The lowest BCUT2D eigenvalue weighted by molar-refractivity contribution is 0.584. The van der Waals surface area contributed by atoms with Gasteiger partial charge in [0.1, 0.15) is 0 Å². The highest BCUT2D eigenvalue weighted by Crippen LogP contribution is 2.22. The minimum Gasteiger partial charge on any atom is -0.378 e. The molecule has 78 valence electrons. The molecule has 0 bridgehead atoms. The zero-order valence-electron chi connectivity index (χ0n) is 8.27. The average molecular weight is 222 g/mol. The van der Waals surface area contributed by atoms with Crippen LogP contribution in [0.3, 0.4) is 0 Å². The Balaban J connectivity index is 2.09. The lowest BCUT2D eigenvalue weighted by Gasteiger charge is -2.13. The quantitative estimate of drug-likeness (QED) is 0.804. The normalized spacial score (nSPS) is 12.4. The minimum atomic E-state index is -0.460. The van der Waals surface area contributed by atoms with Crippen LogP contribution in [0.15, 0.2) is 35.8 Å². The topological polar surface area (TPSA) is 24.9 Å². The summed E-state index contributed by atoms with van der Waals surface area (Å²) in [5.74, 6) is -0.460. The average Bonchev–Trinajstić information content (AvgIpc) is 2.70. The number of halogens is 1. The van der Waals surface area contributed by atoms with Crippen LogP contribution in [0, 0.1) is 5.95 Å². The molecule has 2 heterocycles. The zero-order chi connectivity index (χ0) is 10.7. The summed E-state index contributed by atoms with van der Waals surface area (Å²) in [5.41, 5.74) is 0.753. The molecule has 4 heteroatoms. The van der Waals surface area contributed by atoms with Gasteiger partial charge in [0, 0.05) is 22.8 Å². The third-order valence-corrected chi connectivity index (χ3v) is 3.13. The van der Waals surface area contributed by atoms with Gasteiger partial charge >= 0.3 is 0 Å². The molecule has 1 N–H and O–H groups in total. The van der Waals surface area contributed by atoms with E-state index >= 15 is 0 Å². The fraction of sp³-hybridized carbons (Fsp3) is 0.182. The predicted molar refractivity (Wildman–Crippen MR) is 60.6 cm³/mol. The van der Waals surface area contributed by atoms with Crippen molar-refractivity contribution in [3.8, 4) is 0 Å². The first-order chi connectivity index (χ1) is 7.25. The highest BCUT2D eigenvalue weighted by molar-refractivity contribution is 7.10. The third-order valence-electron chi connectivity index (χ3n) is 2.08. The molecule has 0 aliphatic rings. The van der Waals surface area contributed by atoms with E-state index in [2.05, 4.69) is 16.4 Å². The van der Waals surface area contributed by atoms with E-state index < -0.39 is 5.95 Å². The van der Waals surface area contributed by atoms with Crippen LogP contribution in [0.1, 0.15) is 17.8 Å². The van der Waals surface area contributed by atoms with E-state index in [-0.39, 0.29) is 6.04 Å². The number of hydrogen-bond donors (Lipinski definition) is 1. The second-order valence-corrected chi connectivity index (χ2v) is 4.23. The van der Waals surface area contributed by atoms with Crippen LogP contribution in [0.4, 0.5) is 10.1 Å². The molecule has 2 aromatic rings. The maximum atomic E-state index is 12.8. The zero-order valence-corrected chi connectivity index (χ0v) is 9.09. The van der Waals surface area contributed by atoms with Gasteiger partial charge in [0.05, 0.1) is 6.04 Å². The van der Waals surface area contributed by atoms with Crippen molar-refractivity contribution in [2.45, 2.75) is 13.0 Å². The van der Waals surface area contributed by atoms with E-state index in [1.807, 2.05) is 18.4 Å². The molecule has 1 unspecified atom stereocenters. The molecule has 1 atom stereocenters. The monoisotopic (exact) mass is 222 g/mol. The second-order valence-electron chi connectivity index (χ2n) is 3.25. The Morgan fingerprint density at radius 1 is 1.47 bits per heavy atom. The number of hydrogen-bond acceptors (Lipinski definition) is 3. The molecule has 15 heavy (non-hydrogen) atoms. The molecule has 0 aliphatic heterocycles. The lowest BCUT2D eigenvalue weighted by Crippen LogP contribution is -2.05.